The highest BCUT2D eigenvalue weighted by molar-refractivity contribution is 5.72. The Kier molecular flexibility index (Phi) is 126. The van der Waals surface area contributed by atoms with Gasteiger partial charge in [0.25, 0.3) is 0 Å². The van der Waals surface area contributed by atoms with E-state index in [9.17, 15) is 4.79 Å². The zero-order chi connectivity index (χ0) is 37.4. The Morgan fingerprint density at radius 3 is 0.283 bits per heavy atom. The molecular formula is C45H104O. The summed E-state index contributed by atoms with van der Waals surface area (Å²) >= 11 is 0. The zero-order valence-corrected chi connectivity index (χ0v) is 36.7. The molecule has 0 radical (unpaired) electrons. The Morgan fingerprint density at radius 1 is 0.217 bits per heavy atom. The summed E-state index contributed by atoms with van der Waals surface area (Å²) in [5, 5.41) is 0. The van der Waals surface area contributed by atoms with E-state index in [0.717, 1.165) is 0 Å². The fourth-order valence-corrected chi connectivity index (χ4v) is 3.50. The minimum atomic E-state index is 0.167. The predicted molar refractivity (Wildman–Crippen MR) is 225 cm³/mol. The van der Waals surface area contributed by atoms with Crippen LogP contribution >= 0.6 is 0 Å². The van der Waals surface area contributed by atoms with E-state index in [4.69, 9.17) is 0 Å². The lowest BCUT2D eigenvalue weighted by molar-refractivity contribution is -0.115. The molecule has 0 fully saturated rings. The van der Waals surface area contributed by atoms with Crippen LogP contribution in [0.1, 0.15) is 291 Å². The maximum Gasteiger partial charge on any atom is 0.126 e. The van der Waals surface area contributed by atoms with Gasteiger partial charge in [-0.05, 0) is 13.8 Å². The molecule has 0 aliphatic rings. The lowest BCUT2D eigenvalue weighted by Gasteiger charge is -1.86. The first-order chi connectivity index (χ1) is 22.1. The van der Waals surface area contributed by atoms with Crippen LogP contribution in [0, 0.1) is 0 Å². The minimum Gasteiger partial charge on any atom is -0.300 e. The number of ketones is 1. The van der Waals surface area contributed by atoms with Crippen molar-refractivity contribution in [1.82, 2.24) is 0 Å². The third-order valence-electron chi connectivity index (χ3n) is 6.70. The molecule has 0 aromatic carbocycles. The van der Waals surface area contributed by atoms with Crippen LogP contribution in [-0.2, 0) is 4.79 Å². The van der Waals surface area contributed by atoms with Crippen LogP contribution in [0.5, 0.6) is 0 Å². The summed E-state index contributed by atoms with van der Waals surface area (Å²) in [4.78, 5) is 9.44. The van der Waals surface area contributed by atoms with Crippen molar-refractivity contribution in [2.45, 2.75) is 291 Å². The van der Waals surface area contributed by atoms with Gasteiger partial charge in [-0.25, -0.2) is 0 Å². The molecule has 1 heteroatoms. The highest BCUT2D eigenvalue weighted by atomic mass is 16.1. The molecule has 0 aromatic heterocycles. The lowest BCUT2D eigenvalue weighted by atomic mass is 10.2. The third kappa shape index (κ3) is 186. The number of Topliss-reactive ketones (excluding diaryl/α,β-unsaturated/α-hetero) is 1. The summed E-state index contributed by atoms with van der Waals surface area (Å²) in [5.41, 5.74) is 0. The molecule has 0 unspecified atom stereocenters. The summed E-state index contributed by atoms with van der Waals surface area (Å²) in [6.45, 7) is 34.3. The molecule has 290 valence electrons. The molecule has 0 amide bonds. The Bertz CT molecular complexity index is 238. The smallest absolute Gasteiger partial charge is 0.126 e. The van der Waals surface area contributed by atoms with E-state index in [0.29, 0.717) is 0 Å². The van der Waals surface area contributed by atoms with Crippen LogP contribution < -0.4 is 0 Å². The summed E-state index contributed by atoms with van der Waals surface area (Å²) < 4.78 is 0. The zero-order valence-electron chi connectivity index (χ0n) is 36.7. The molecule has 46 heavy (non-hydrogen) atoms. The highest BCUT2D eigenvalue weighted by Gasteiger charge is 1.78. The van der Waals surface area contributed by atoms with Crippen molar-refractivity contribution in [1.29, 1.82) is 0 Å². The van der Waals surface area contributed by atoms with E-state index in [1.807, 2.05) is 0 Å². The Hall–Kier alpha value is -0.330. The van der Waals surface area contributed by atoms with Gasteiger partial charge < -0.3 is 4.79 Å². The van der Waals surface area contributed by atoms with Gasteiger partial charge in [0.2, 0.25) is 0 Å². The Labute approximate surface area is 300 Å². The van der Waals surface area contributed by atoms with Gasteiger partial charge >= 0.3 is 0 Å². The molecule has 0 aliphatic carbocycles. The summed E-state index contributed by atoms with van der Waals surface area (Å²) in [6.07, 6.45) is 38.8. The van der Waals surface area contributed by atoms with Crippen LogP contribution in [-0.4, -0.2) is 5.78 Å². The van der Waals surface area contributed by atoms with E-state index in [1.54, 1.807) is 0 Å². The minimum absolute atomic E-state index is 0.167. The van der Waals surface area contributed by atoms with Crippen molar-refractivity contribution >= 4 is 5.78 Å². The van der Waals surface area contributed by atoms with Crippen molar-refractivity contribution in [3.8, 4) is 0 Å². The molecule has 0 aliphatic heterocycles. The van der Waals surface area contributed by atoms with Crippen molar-refractivity contribution < 1.29 is 4.79 Å². The van der Waals surface area contributed by atoms with Crippen LogP contribution in [0.4, 0.5) is 0 Å². The van der Waals surface area contributed by atoms with Gasteiger partial charge in [0.1, 0.15) is 5.78 Å². The second-order valence-electron chi connectivity index (χ2n) is 12.9. The summed E-state index contributed by atoms with van der Waals surface area (Å²) in [7, 11) is 0. The summed E-state index contributed by atoms with van der Waals surface area (Å²) in [5.74, 6) is 0.167. The van der Waals surface area contributed by atoms with E-state index in [-0.39, 0.29) is 5.78 Å². The number of carbonyl (C=O) groups excluding carboxylic acids is 1. The fraction of sp³-hybridized carbons (Fsp3) is 0.978. The largest absolute Gasteiger partial charge is 0.300 e. The van der Waals surface area contributed by atoms with E-state index in [2.05, 4.69) is 96.9 Å². The van der Waals surface area contributed by atoms with Gasteiger partial charge in [0, 0.05) is 0 Å². The first-order valence-electron chi connectivity index (χ1n) is 21.6. The van der Waals surface area contributed by atoms with E-state index >= 15 is 0 Å². The molecule has 0 rings (SSSR count). The Balaban J connectivity index is -0.0000000599. The molecule has 1 nitrogen and oxygen atoms in total. The van der Waals surface area contributed by atoms with Crippen molar-refractivity contribution in [2.24, 2.45) is 0 Å². The molecule has 0 spiro atoms. The maximum atomic E-state index is 9.44. The number of unbranched alkanes of at least 4 members (excludes halogenated alkanes) is 21. The molecule has 0 N–H and O–H groups in total. The van der Waals surface area contributed by atoms with E-state index < -0.39 is 0 Å². The monoisotopic (exact) mass is 661 g/mol. The number of hydrogen-bond acceptors (Lipinski definition) is 1. The van der Waals surface area contributed by atoms with Gasteiger partial charge in [0.15, 0.2) is 0 Å². The third-order valence-corrected chi connectivity index (χ3v) is 6.70. The topological polar surface area (TPSA) is 17.1 Å². The van der Waals surface area contributed by atoms with Crippen molar-refractivity contribution in [3.05, 3.63) is 0 Å². The lowest BCUT2D eigenvalue weighted by Crippen LogP contribution is -1.69. The average Bonchev–Trinajstić information content (AvgIpc) is 3.06. The number of rotatable bonds is 21. The second kappa shape index (κ2) is 90.6. The van der Waals surface area contributed by atoms with Crippen molar-refractivity contribution in [2.75, 3.05) is 0 Å². The van der Waals surface area contributed by atoms with Crippen LogP contribution in [0.3, 0.4) is 0 Å². The van der Waals surface area contributed by atoms with Crippen LogP contribution in [0.2, 0.25) is 0 Å². The van der Waals surface area contributed by atoms with E-state index in [1.165, 1.54) is 194 Å². The molecular weight excluding hydrogens is 556 g/mol. The molecule has 0 bridgehead atoms. The SMILES string of the molecule is CC(C)=O.CCCCCC.CCCCCC.CCCCCC.CCCCCC.CCCCCC.CCCCCC.CCCCCC. The Morgan fingerprint density at radius 2 is 0.261 bits per heavy atom. The number of carbonyl (C=O) groups is 1. The summed E-state index contributed by atoms with van der Waals surface area (Å²) in [6, 6.07) is 0. The molecule has 0 atom stereocenters. The van der Waals surface area contributed by atoms with Gasteiger partial charge in [0.05, 0.1) is 0 Å². The molecule has 0 aromatic rings. The molecule has 0 saturated heterocycles. The van der Waals surface area contributed by atoms with Crippen molar-refractivity contribution in [3.63, 3.8) is 0 Å². The van der Waals surface area contributed by atoms with Crippen LogP contribution in [0.15, 0.2) is 0 Å². The quantitative estimate of drug-likeness (QED) is 0.112. The highest BCUT2D eigenvalue weighted by Crippen LogP contribution is 1.98. The predicted octanol–water partition coefficient (Wildman–Crippen LogP) is 18.7. The molecule has 0 heterocycles. The molecule has 0 saturated carbocycles. The van der Waals surface area contributed by atoms with Gasteiger partial charge in [-0.3, -0.25) is 0 Å². The number of hydrogen-bond donors (Lipinski definition) is 0. The first kappa shape index (κ1) is 64.2. The fourth-order valence-electron chi connectivity index (χ4n) is 3.50. The normalized spacial score (nSPS) is 8.78. The van der Waals surface area contributed by atoms with Gasteiger partial charge in [-0.2, -0.15) is 0 Å². The average molecular weight is 661 g/mol. The van der Waals surface area contributed by atoms with Gasteiger partial charge in [-0.15, -0.1) is 0 Å². The maximum absolute atomic E-state index is 9.44. The standard InChI is InChI=1S/7C6H14.C3H6O/c7*1-3-5-6-4-2;1-3(2)4/h7*3-6H2,1-2H3;1-2H3. The first-order valence-corrected chi connectivity index (χ1v) is 21.6. The van der Waals surface area contributed by atoms with Crippen LogP contribution in [0.25, 0.3) is 0 Å². The second-order valence-corrected chi connectivity index (χ2v) is 12.9. The van der Waals surface area contributed by atoms with Gasteiger partial charge in [-0.1, -0.05) is 277 Å².